The lowest BCUT2D eigenvalue weighted by Crippen LogP contribution is -2.37. The van der Waals surface area contributed by atoms with Crippen LogP contribution in [0.15, 0.2) is 41.2 Å². The molecule has 0 fully saturated rings. The predicted octanol–water partition coefficient (Wildman–Crippen LogP) is 3.94. The normalized spacial score (nSPS) is 15.9. The van der Waals surface area contributed by atoms with Crippen LogP contribution in [0.25, 0.3) is 21.7 Å². The minimum Gasteiger partial charge on any atom is -0.373 e. The highest BCUT2D eigenvalue weighted by Crippen LogP contribution is 2.34. The van der Waals surface area contributed by atoms with E-state index >= 15 is 0 Å². The lowest BCUT2D eigenvalue weighted by molar-refractivity contribution is 0.0333. The van der Waals surface area contributed by atoms with Crippen LogP contribution in [0.5, 0.6) is 0 Å². The van der Waals surface area contributed by atoms with Gasteiger partial charge in [0.15, 0.2) is 11.6 Å². The highest BCUT2D eigenvalue weighted by molar-refractivity contribution is 5.99. The number of nitrogens with one attached hydrogen (secondary N) is 2. The number of aryl methyl sites for hydroxylation is 1. The van der Waals surface area contributed by atoms with Crippen LogP contribution >= 0.6 is 0 Å². The molecule has 4 aromatic rings. The van der Waals surface area contributed by atoms with Crippen molar-refractivity contribution in [2.75, 3.05) is 13.7 Å². The lowest BCUT2D eigenvalue weighted by atomic mass is 9.95. The Kier molecular flexibility index (Phi) is 4.40. The first-order valence-corrected chi connectivity index (χ1v) is 9.82. The van der Waals surface area contributed by atoms with Gasteiger partial charge in [-0.15, -0.1) is 0 Å². The van der Waals surface area contributed by atoms with Gasteiger partial charge in [-0.1, -0.05) is 12.1 Å². The monoisotopic (exact) mass is 423 g/mol. The molecule has 0 spiro atoms. The maximum atomic E-state index is 14.1. The number of likely N-dealkylation sites (N-methyl/N-ethyl adjacent to an activating group) is 1. The quantitative estimate of drug-likeness (QED) is 0.513. The SMILES string of the molecule is Cc1cccc2[nH]c(C(=O)N(C)C3COCc4[nH]c(=O)c5cc(F)c(F)cc5c43)cc12. The first-order valence-electron chi connectivity index (χ1n) is 9.82. The average Bonchev–Trinajstić information content (AvgIpc) is 3.19. The van der Waals surface area contributed by atoms with E-state index in [9.17, 15) is 18.4 Å². The predicted molar refractivity (Wildman–Crippen MR) is 112 cm³/mol. The van der Waals surface area contributed by atoms with Gasteiger partial charge >= 0.3 is 0 Å². The third-order valence-corrected chi connectivity index (χ3v) is 5.94. The lowest BCUT2D eigenvalue weighted by Gasteiger charge is -2.33. The van der Waals surface area contributed by atoms with Crippen LogP contribution in [-0.2, 0) is 11.3 Å². The number of aromatic nitrogens is 2. The van der Waals surface area contributed by atoms with Gasteiger partial charge in [-0.2, -0.15) is 0 Å². The minimum atomic E-state index is -1.10. The van der Waals surface area contributed by atoms with Crippen LogP contribution in [0.2, 0.25) is 0 Å². The maximum Gasteiger partial charge on any atom is 0.270 e. The number of benzene rings is 2. The summed E-state index contributed by atoms with van der Waals surface area (Å²) in [5, 5.41) is 1.26. The van der Waals surface area contributed by atoms with Crippen molar-refractivity contribution in [1.82, 2.24) is 14.9 Å². The second-order valence-corrected chi connectivity index (χ2v) is 7.82. The van der Waals surface area contributed by atoms with Gasteiger partial charge in [-0.25, -0.2) is 8.78 Å². The summed E-state index contributed by atoms with van der Waals surface area (Å²) in [5.74, 6) is -2.43. The topological polar surface area (TPSA) is 78.2 Å². The van der Waals surface area contributed by atoms with Gasteiger partial charge in [-0.05, 0) is 42.1 Å². The van der Waals surface area contributed by atoms with Crippen molar-refractivity contribution in [3.63, 3.8) is 0 Å². The molecule has 31 heavy (non-hydrogen) atoms. The van der Waals surface area contributed by atoms with E-state index in [1.807, 2.05) is 25.1 Å². The van der Waals surface area contributed by atoms with Crippen LogP contribution in [0.4, 0.5) is 8.78 Å². The summed E-state index contributed by atoms with van der Waals surface area (Å²) < 4.78 is 33.4. The number of hydrogen-bond donors (Lipinski definition) is 2. The van der Waals surface area contributed by atoms with Crippen molar-refractivity contribution in [3.05, 3.63) is 80.9 Å². The molecule has 1 unspecified atom stereocenters. The van der Waals surface area contributed by atoms with Gasteiger partial charge in [0.1, 0.15) is 5.69 Å². The molecule has 2 N–H and O–H groups in total. The number of amides is 1. The fraction of sp³-hybridized carbons (Fsp3) is 0.217. The Morgan fingerprint density at radius 3 is 2.58 bits per heavy atom. The third-order valence-electron chi connectivity index (χ3n) is 5.94. The molecular weight excluding hydrogens is 404 g/mol. The van der Waals surface area contributed by atoms with Crippen LogP contribution in [-0.4, -0.2) is 34.4 Å². The molecule has 8 heteroatoms. The zero-order valence-corrected chi connectivity index (χ0v) is 16.9. The second-order valence-electron chi connectivity index (χ2n) is 7.82. The maximum absolute atomic E-state index is 14.1. The van der Waals surface area contributed by atoms with E-state index in [0.29, 0.717) is 17.0 Å². The van der Waals surface area contributed by atoms with E-state index in [4.69, 9.17) is 4.74 Å². The van der Waals surface area contributed by atoms with E-state index in [-0.39, 0.29) is 29.9 Å². The molecule has 6 nitrogen and oxygen atoms in total. The van der Waals surface area contributed by atoms with Crippen molar-refractivity contribution >= 4 is 27.6 Å². The number of pyridine rings is 1. The number of halogens is 2. The molecule has 1 atom stereocenters. The number of aromatic amines is 2. The third kappa shape index (κ3) is 3.02. The number of rotatable bonds is 2. The molecule has 3 heterocycles. The molecule has 0 saturated heterocycles. The fourth-order valence-corrected chi connectivity index (χ4v) is 4.30. The Hall–Kier alpha value is -3.52. The van der Waals surface area contributed by atoms with Crippen LogP contribution < -0.4 is 5.56 Å². The molecule has 1 aliphatic heterocycles. The Morgan fingerprint density at radius 1 is 1.10 bits per heavy atom. The highest BCUT2D eigenvalue weighted by atomic mass is 19.2. The summed E-state index contributed by atoms with van der Waals surface area (Å²) >= 11 is 0. The van der Waals surface area contributed by atoms with Crippen molar-refractivity contribution in [3.8, 4) is 0 Å². The van der Waals surface area contributed by atoms with Crippen molar-refractivity contribution in [2.45, 2.75) is 19.6 Å². The average molecular weight is 423 g/mol. The van der Waals surface area contributed by atoms with Crippen LogP contribution in [0.1, 0.15) is 33.4 Å². The zero-order valence-electron chi connectivity index (χ0n) is 16.9. The summed E-state index contributed by atoms with van der Waals surface area (Å²) in [6.45, 7) is 2.24. The minimum absolute atomic E-state index is 0.0339. The van der Waals surface area contributed by atoms with Gasteiger partial charge in [0.25, 0.3) is 11.5 Å². The molecule has 0 aliphatic carbocycles. The summed E-state index contributed by atoms with van der Waals surface area (Å²) in [6.07, 6.45) is 0. The smallest absolute Gasteiger partial charge is 0.270 e. The van der Waals surface area contributed by atoms with Crippen molar-refractivity contribution in [2.24, 2.45) is 0 Å². The summed E-state index contributed by atoms with van der Waals surface area (Å²) in [7, 11) is 1.63. The van der Waals surface area contributed by atoms with E-state index in [1.165, 1.54) is 4.90 Å². The Bertz CT molecular complexity index is 1420. The molecule has 5 rings (SSSR count). The van der Waals surface area contributed by atoms with Gasteiger partial charge in [-0.3, -0.25) is 9.59 Å². The zero-order chi connectivity index (χ0) is 21.9. The van der Waals surface area contributed by atoms with E-state index in [2.05, 4.69) is 9.97 Å². The largest absolute Gasteiger partial charge is 0.373 e. The summed E-state index contributed by atoms with van der Waals surface area (Å²) in [6, 6.07) is 8.89. The number of nitrogens with zero attached hydrogens (tertiary/aromatic N) is 1. The van der Waals surface area contributed by atoms with Crippen molar-refractivity contribution < 1.29 is 18.3 Å². The molecular formula is C23H19F2N3O3. The summed E-state index contributed by atoms with van der Waals surface area (Å²) in [4.78, 5) is 33.0. The number of fused-ring (bicyclic) bond motifs is 4. The molecule has 1 aliphatic rings. The first-order chi connectivity index (χ1) is 14.8. The number of hydrogen-bond acceptors (Lipinski definition) is 3. The number of carbonyl (C=O) groups is 1. The molecule has 2 aromatic carbocycles. The van der Waals surface area contributed by atoms with E-state index in [0.717, 1.165) is 28.6 Å². The number of H-pyrrole nitrogens is 2. The van der Waals surface area contributed by atoms with Crippen LogP contribution in [0, 0.1) is 18.6 Å². The standard InChI is InChI=1S/C23H19F2N3O3/c1-11-4-3-5-17-12(11)8-18(26-17)23(30)28(2)20-10-31-9-19-21(20)13-6-15(24)16(25)7-14(13)22(29)27-19/h3-8,20,26H,9-10H2,1-2H3,(H,27,29). The second kappa shape index (κ2) is 7.02. The fourth-order valence-electron chi connectivity index (χ4n) is 4.30. The molecule has 2 aromatic heterocycles. The van der Waals surface area contributed by atoms with Gasteiger partial charge in [0, 0.05) is 29.2 Å². The van der Waals surface area contributed by atoms with Crippen molar-refractivity contribution in [1.29, 1.82) is 0 Å². The molecule has 0 bridgehead atoms. The van der Waals surface area contributed by atoms with Crippen LogP contribution in [0.3, 0.4) is 0 Å². The first kappa shape index (κ1) is 19.4. The summed E-state index contributed by atoms with van der Waals surface area (Å²) in [5.41, 5.74) is 2.78. The molecule has 158 valence electrons. The molecule has 0 radical (unpaired) electrons. The number of ether oxygens (including phenoxy) is 1. The Balaban J connectivity index is 1.62. The Labute approximate surface area is 175 Å². The molecule has 1 amide bonds. The van der Waals surface area contributed by atoms with Gasteiger partial charge in [0.05, 0.1) is 24.6 Å². The van der Waals surface area contributed by atoms with E-state index < -0.39 is 23.2 Å². The van der Waals surface area contributed by atoms with E-state index in [1.54, 1.807) is 13.1 Å². The molecule has 0 saturated carbocycles. The highest BCUT2D eigenvalue weighted by Gasteiger charge is 2.32. The number of carbonyl (C=O) groups excluding carboxylic acids is 1. The van der Waals surface area contributed by atoms with Gasteiger partial charge in [0.2, 0.25) is 0 Å². The Morgan fingerprint density at radius 2 is 1.84 bits per heavy atom. The van der Waals surface area contributed by atoms with Gasteiger partial charge < -0.3 is 19.6 Å².